The van der Waals surface area contributed by atoms with E-state index in [1.807, 2.05) is 24.7 Å². The van der Waals surface area contributed by atoms with Crippen LogP contribution in [0.4, 0.5) is 5.82 Å². The van der Waals surface area contributed by atoms with Gasteiger partial charge in [-0.3, -0.25) is 4.68 Å². The van der Waals surface area contributed by atoms with E-state index in [2.05, 4.69) is 37.8 Å². The average molecular weight is 286 g/mol. The first-order valence-electron chi connectivity index (χ1n) is 4.62. The molecule has 0 aliphatic rings. The molecule has 2 heterocycles. The van der Waals surface area contributed by atoms with Crippen molar-refractivity contribution in [2.75, 3.05) is 5.32 Å². The average Bonchev–Trinajstić information content (AvgIpc) is 2.72. The maximum absolute atomic E-state index is 4.33. The first-order valence-corrected chi connectivity index (χ1v) is 6.30. The van der Waals surface area contributed by atoms with Crippen LogP contribution in [-0.4, -0.2) is 9.78 Å². The van der Waals surface area contributed by atoms with Crippen molar-refractivity contribution >= 4 is 33.1 Å². The van der Waals surface area contributed by atoms with Crippen molar-refractivity contribution in [2.45, 2.75) is 13.5 Å². The molecule has 0 aliphatic carbocycles. The predicted molar refractivity (Wildman–Crippen MR) is 67.3 cm³/mol. The molecule has 3 nitrogen and oxygen atoms in total. The molecule has 5 heteroatoms. The quantitative estimate of drug-likeness (QED) is 0.939. The highest BCUT2D eigenvalue weighted by atomic mass is 79.9. The van der Waals surface area contributed by atoms with Gasteiger partial charge in [0.05, 0.1) is 6.54 Å². The van der Waals surface area contributed by atoms with Gasteiger partial charge in [0.15, 0.2) is 0 Å². The van der Waals surface area contributed by atoms with Crippen molar-refractivity contribution < 1.29 is 0 Å². The second-order valence-corrected chi connectivity index (χ2v) is 5.29. The Morgan fingerprint density at radius 2 is 2.33 bits per heavy atom. The Labute approximate surface area is 101 Å². The second-order valence-electron chi connectivity index (χ2n) is 3.38. The number of thiophene rings is 1. The molecule has 0 atom stereocenters. The minimum atomic E-state index is 0.826. The Bertz CT molecular complexity index is 441. The first-order chi connectivity index (χ1) is 7.15. The van der Waals surface area contributed by atoms with Gasteiger partial charge in [-0.15, -0.1) is 11.3 Å². The van der Waals surface area contributed by atoms with E-state index in [1.165, 1.54) is 4.88 Å². The monoisotopic (exact) mass is 285 g/mol. The Kier molecular flexibility index (Phi) is 3.11. The van der Waals surface area contributed by atoms with Gasteiger partial charge in [0.25, 0.3) is 0 Å². The molecule has 2 aromatic rings. The van der Waals surface area contributed by atoms with Gasteiger partial charge in [-0.05, 0) is 28.9 Å². The fraction of sp³-hybridized carbons (Fsp3) is 0.300. The van der Waals surface area contributed by atoms with Crippen molar-refractivity contribution in [3.63, 3.8) is 0 Å². The summed E-state index contributed by atoms with van der Waals surface area (Å²) in [7, 11) is 1.95. The number of nitrogens with one attached hydrogen (secondary N) is 1. The number of anilines is 1. The zero-order valence-corrected chi connectivity index (χ0v) is 11.0. The normalized spacial score (nSPS) is 10.6. The highest BCUT2D eigenvalue weighted by molar-refractivity contribution is 9.10. The molecule has 2 aromatic heterocycles. The number of hydrogen-bond acceptors (Lipinski definition) is 3. The lowest BCUT2D eigenvalue weighted by atomic mass is 10.4. The van der Waals surface area contributed by atoms with E-state index < -0.39 is 0 Å². The summed E-state index contributed by atoms with van der Waals surface area (Å²) >= 11 is 5.17. The van der Waals surface area contributed by atoms with Crippen LogP contribution in [0.25, 0.3) is 0 Å². The molecule has 0 saturated heterocycles. The van der Waals surface area contributed by atoms with Crippen LogP contribution in [0.3, 0.4) is 0 Å². The Morgan fingerprint density at radius 1 is 1.53 bits per heavy atom. The van der Waals surface area contributed by atoms with Crippen LogP contribution in [0.1, 0.15) is 10.6 Å². The summed E-state index contributed by atoms with van der Waals surface area (Å²) in [5.41, 5.74) is 1.16. The van der Waals surface area contributed by atoms with Crippen LogP contribution in [0.15, 0.2) is 22.0 Å². The molecular weight excluding hydrogens is 274 g/mol. The lowest BCUT2D eigenvalue weighted by Crippen LogP contribution is -1.99. The van der Waals surface area contributed by atoms with E-state index in [-0.39, 0.29) is 0 Å². The van der Waals surface area contributed by atoms with Gasteiger partial charge in [-0.1, -0.05) is 0 Å². The fourth-order valence-electron chi connectivity index (χ4n) is 1.27. The summed E-state index contributed by atoms with van der Waals surface area (Å²) in [5, 5.41) is 9.71. The lowest BCUT2D eigenvalue weighted by Gasteiger charge is -1.98. The number of hydrogen-bond donors (Lipinski definition) is 1. The summed E-state index contributed by atoms with van der Waals surface area (Å²) in [4.78, 5) is 1.30. The third-order valence-electron chi connectivity index (χ3n) is 2.18. The zero-order valence-electron chi connectivity index (χ0n) is 8.62. The predicted octanol–water partition coefficient (Wildman–Crippen LogP) is 3.16. The summed E-state index contributed by atoms with van der Waals surface area (Å²) in [5.74, 6) is 0.930. The molecule has 2 rings (SSSR count). The van der Waals surface area contributed by atoms with E-state index in [4.69, 9.17) is 0 Å². The summed E-state index contributed by atoms with van der Waals surface area (Å²) in [6, 6.07) is 4.16. The molecular formula is C10H12BrN3S. The third-order valence-corrected chi connectivity index (χ3v) is 3.88. The fourth-order valence-corrected chi connectivity index (χ4v) is 2.66. The standard InChI is InChI=1S/C10H12BrN3S/c1-7-3-10(13-14(7)2)12-5-9-4-8(11)6-15-9/h3-4,6H,5H2,1-2H3,(H,12,13). The lowest BCUT2D eigenvalue weighted by molar-refractivity contribution is 0.741. The zero-order chi connectivity index (χ0) is 10.8. The second kappa shape index (κ2) is 4.37. The highest BCUT2D eigenvalue weighted by Gasteiger charge is 2.01. The molecule has 0 bridgehead atoms. The maximum Gasteiger partial charge on any atom is 0.148 e. The molecule has 0 radical (unpaired) electrons. The van der Waals surface area contributed by atoms with Crippen LogP contribution in [0.2, 0.25) is 0 Å². The van der Waals surface area contributed by atoms with Crippen molar-refractivity contribution in [1.29, 1.82) is 0 Å². The van der Waals surface area contributed by atoms with Gasteiger partial charge in [0.2, 0.25) is 0 Å². The highest BCUT2D eigenvalue weighted by Crippen LogP contribution is 2.20. The first kappa shape index (κ1) is 10.7. The molecule has 0 aromatic carbocycles. The van der Waals surface area contributed by atoms with Crippen LogP contribution < -0.4 is 5.32 Å². The number of aromatic nitrogens is 2. The molecule has 0 aliphatic heterocycles. The number of rotatable bonds is 3. The van der Waals surface area contributed by atoms with Crippen LogP contribution >= 0.6 is 27.3 Å². The third kappa shape index (κ3) is 2.60. The largest absolute Gasteiger partial charge is 0.364 e. The van der Waals surface area contributed by atoms with Gasteiger partial charge in [0, 0.05) is 33.5 Å². The van der Waals surface area contributed by atoms with E-state index in [0.717, 1.165) is 22.5 Å². The molecule has 0 spiro atoms. The Hall–Kier alpha value is -0.810. The van der Waals surface area contributed by atoms with E-state index in [0.29, 0.717) is 0 Å². The summed E-state index contributed by atoms with van der Waals surface area (Å²) in [6.45, 7) is 2.87. The number of aryl methyl sites for hydroxylation is 2. The number of halogens is 1. The van der Waals surface area contributed by atoms with Crippen molar-refractivity contribution in [1.82, 2.24) is 9.78 Å². The van der Waals surface area contributed by atoms with Gasteiger partial charge >= 0.3 is 0 Å². The molecule has 0 saturated carbocycles. The molecule has 1 N–H and O–H groups in total. The Morgan fingerprint density at radius 3 is 2.87 bits per heavy atom. The number of nitrogens with zero attached hydrogens (tertiary/aromatic N) is 2. The van der Waals surface area contributed by atoms with Crippen LogP contribution in [0.5, 0.6) is 0 Å². The van der Waals surface area contributed by atoms with Gasteiger partial charge < -0.3 is 5.32 Å². The van der Waals surface area contributed by atoms with Crippen molar-refractivity contribution in [3.8, 4) is 0 Å². The maximum atomic E-state index is 4.33. The van der Waals surface area contributed by atoms with Crippen molar-refractivity contribution in [2.24, 2.45) is 7.05 Å². The van der Waals surface area contributed by atoms with Crippen LogP contribution in [-0.2, 0) is 13.6 Å². The van der Waals surface area contributed by atoms with Gasteiger partial charge in [0.1, 0.15) is 5.82 Å². The van der Waals surface area contributed by atoms with E-state index >= 15 is 0 Å². The molecule has 0 fully saturated rings. The van der Waals surface area contributed by atoms with Gasteiger partial charge in [-0.2, -0.15) is 5.10 Å². The van der Waals surface area contributed by atoms with E-state index in [9.17, 15) is 0 Å². The van der Waals surface area contributed by atoms with E-state index in [1.54, 1.807) is 11.3 Å². The minimum Gasteiger partial charge on any atom is -0.364 e. The molecule has 15 heavy (non-hydrogen) atoms. The topological polar surface area (TPSA) is 29.9 Å². The summed E-state index contributed by atoms with van der Waals surface area (Å²) < 4.78 is 3.01. The molecule has 0 unspecified atom stereocenters. The smallest absolute Gasteiger partial charge is 0.148 e. The summed E-state index contributed by atoms with van der Waals surface area (Å²) in [6.07, 6.45) is 0. The minimum absolute atomic E-state index is 0.826. The Balaban J connectivity index is 1.99. The van der Waals surface area contributed by atoms with Crippen molar-refractivity contribution in [3.05, 3.63) is 32.6 Å². The van der Waals surface area contributed by atoms with Gasteiger partial charge in [-0.25, -0.2) is 0 Å². The SMILES string of the molecule is Cc1cc(NCc2cc(Br)cs2)nn1C. The molecule has 0 amide bonds. The van der Waals surface area contributed by atoms with Crippen LogP contribution in [0, 0.1) is 6.92 Å². The molecule has 80 valence electrons.